The Morgan fingerprint density at radius 2 is 1.70 bits per heavy atom. The highest BCUT2D eigenvalue weighted by molar-refractivity contribution is 5.92. The topological polar surface area (TPSA) is 55.2 Å². The van der Waals surface area contributed by atoms with Crippen molar-refractivity contribution in [1.29, 1.82) is 0 Å². The first-order chi connectivity index (χ1) is 13.0. The van der Waals surface area contributed by atoms with Gasteiger partial charge in [0.15, 0.2) is 23.1 Å². The van der Waals surface area contributed by atoms with Crippen molar-refractivity contribution in [1.82, 2.24) is 9.97 Å². The van der Waals surface area contributed by atoms with Crippen LogP contribution in [0.1, 0.15) is 32.6 Å². The molecule has 0 radical (unpaired) electrons. The quantitative estimate of drug-likeness (QED) is 0.563. The van der Waals surface area contributed by atoms with Crippen molar-refractivity contribution in [3.63, 3.8) is 0 Å². The molecule has 0 aliphatic heterocycles. The first-order valence-electron chi connectivity index (χ1n) is 8.77. The number of ether oxygens (including phenoxy) is 1. The van der Waals surface area contributed by atoms with Crippen LogP contribution in [0.2, 0.25) is 0 Å². The fourth-order valence-corrected chi connectivity index (χ4v) is 2.78. The van der Waals surface area contributed by atoms with Gasteiger partial charge in [0.25, 0.3) is 0 Å². The Morgan fingerprint density at radius 1 is 0.963 bits per heavy atom. The summed E-state index contributed by atoms with van der Waals surface area (Å²) in [5.74, 6) is -3.95. The number of hydrogen-bond acceptors (Lipinski definition) is 4. The van der Waals surface area contributed by atoms with Crippen LogP contribution < -0.4 is 4.74 Å². The summed E-state index contributed by atoms with van der Waals surface area (Å²) in [6.07, 6.45) is 7.19. The highest BCUT2D eigenvalue weighted by atomic mass is 19.2. The molecule has 1 N–H and O–H groups in total. The maximum atomic E-state index is 14.8. The Balaban J connectivity index is 1.83. The lowest BCUT2D eigenvalue weighted by Crippen LogP contribution is -2.00. The van der Waals surface area contributed by atoms with Gasteiger partial charge in [-0.1, -0.05) is 26.2 Å². The first kappa shape index (κ1) is 18.9. The number of hydrogen-bond donors (Lipinski definition) is 1. The van der Waals surface area contributed by atoms with Crippen molar-refractivity contribution in [3.05, 3.63) is 48.0 Å². The number of nitrogens with zero attached hydrogens (tertiary/aromatic N) is 2. The van der Waals surface area contributed by atoms with Crippen LogP contribution in [0.4, 0.5) is 13.2 Å². The number of phenolic OH excluding ortho intramolecular Hbond substituents is 1. The monoisotopic (exact) mass is 376 g/mol. The summed E-state index contributed by atoms with van der Waals surface area (Å²) in [5, 5.41) is 9.30. The van der Waals surface area contributed by atoms with Gasteiger partial charge < -0.3 is 9.84 Å². The number of phenols is 1. The Bertz CT molecular complexity index is 946. The zero-order valence-electron chi connectivity index (χ0n) is 14.8. The van der Waals surface area contributed by atoms with Crippen LogP contribution in [-0.2, 0) is 0 Å². The van der Waals surface area contributed by atoms with Crippen molar-refractivity contribution in [2.45, 2.75) is 32.6 Å². The molecule has 3 aromatic rings. The molecule has 0 unspecified atom stereocenters. The molecule has 0 atom stereocenters. The number of rotatable bonds is 7. The van der Waals surface area contributed by atoms with Crippen molar-refractivity contribution in [2.24, 2.45) is 0 Å². The van der Waals surface area contributed by atoms with Gasteiger partial charge in [0.2, 0.25) is 5.82 Å². The van der Waals surface area contributed by atoms with Crippen LogP contribution >= 0.6 is 0 Å². The van der Waals surface area contributed by atoms with Crippen LogP contribution in [0, 0.1) is 17.5 Å². The van der Waals surface area contributed by atoms with E-state index in [2.05, 4.69) is 16.9 Å². The average Bonchev–Trinajstić information content (AvgIpc) is 2.68. The Kier molecular flexibility index (Phi) is 5.78. The molecule has 142 valence electrons. The standard InChI is InChI=1S/C20H19F3N2O2/c1-2-3-4-5-8-27-12-10-24-20(25-11-12)14-7-6-13-15(17(14)22)9-16(21)18(23)19(13)26/h6-7,9-11,26H,2-5,8H2,1H3. The molecule has 27 heavy (non-hydrogen) atoms. The summed E-state index contributed by atoms with van der Waals surface area (Å²) in [6.45, 7) is 2.68. The molecule has 0 bridgehead atoms. The Labute approximate surface area is 154 Å². The SMILES string of the molecule is CCCCCCOc1cnc(-c2ccc3c(O)c(F)c(F)cc3c2F)nc1. The average molecular weight is 376 g/mol. The van der Waals surface area contributed by atoms with E-state index in [-0.39, 0.29) is 22.2 Å². The zero-order valence-corrected chi connectivity index (χ0v) is 14.8. The van der Waals surface area contributed by atoms with Gasteiger partial charge in [-0.05, 0) is 24.6 Å². The van der Waals surface area contributed by atoms with E-state index in [1.807, 2.05) is 0 Å². The molecule has 0 fully saturated rings. The fourth-order valence-electron chi connectivity index (χ4n) is 2.78. The molecule has 2 aromatic carbocycles. The molecule has 0 spiro atoms. The lowest BCUT2D eigenvalue weighted by atomic mass is 10.0. The highest BCUT2D eigenvalue weighted by Crippen LogP contribution is 2.34. The number of aromatic nitrogens is 2. The van der Waals surface area contributed by atoms with Crippen LogP contribution in [0.25, 0.3) is 22.2 Å². The summed E-state index contributed by atoms with van der Waals surface area (Å²) in [5.41, 5.74) is 0.0161. The minimum atomic E-state index is -1.41. The second kappa shape index (κ2) is 8.24. The van der Waals surface area contributed by atoms with Gasteiger partial charge in [0.1, 0.15) is 5.82 Å². The number of halogens is 3. The van der Waals surface area contributed by atoms with Crippen molar-refractivity contribution in [3.8, 4) is 22.9 Å². The summed E-state index contributed by atoms with van der Waals surface area (Å²) in [7, 11) is 0. The van der Waals surface area contributed by atoms with Gasteiger partial charge in [-0.15, -0.1) is 0 Å². The Hall–Kier alpha value is -2.83. The van der Waals surface area contributed by atoms with Gasteiger partial charge in [0.05, 0.1) is 24.6 Å². The molecule has 7 heteroatoms. The van der Waals surface area contributed by atoms with Crippen molar-refractivity contribution in [2.75, 3.05) is 6.61 Å². The van der Waals surface area contributed by atoms with Gasteiger partial charge in [-0.25, -0.2) is 18.7 Å². The highest BCUT2D eigenvalue weighted by Gasteiger charge is 2.18. The lowest BCUT2D eigenvalue weighted by Gasteiger charge is -2.09. The van der Waals surface area contributed by atoms with Gasteiger partial charge in [-0.3, -0.25) is 0 Å². The molecule has 0 aliphatic rings. The maximum Gasteiger partial charge on any atom is 0.201 e. The van der Waals surface area contributed by atoms with Crippen molar-refractivity contribution < 1.29 is 23.0 Å². The fraction of sp³-hybridized carbons (Fsp3) is 0.300. The third-order valence-electron chi connectivity index (χ3n) is 4.26. The summed E-state index contributed by atoms with van der Waals surface area (Å²) < 4.78 is 47.3. The van der Waals surface area contributed by atoms with Crippen LogP contribution in [0.3, 0.4) is 0 Å². The van der Waals surface area contributed by atoms with E-state index in [1.165, 1.54) is 24.5 Å². The summed E-state index contributed by atoms with van der Waals surface area (Å²) >= 11 is 0. The second-order valence-corrected chi connectivity index (χ2v) is 6.19. The largest absolute Gasteiger partial charge is 0.504 e. The van der Waals surface area contributed by atoms with Gasteiger partial charge in [-0.2, -0.15) is 4.39 Å². The zero-order chi connectivity index (χ0) is 19.4. The van der Waals surface area contributed by atoms with E-state index >= 15 is 0 Å². The molecule has 1 aromatic heterocycles. The molecular weight excluding hydrogens is 357 g/mol. The molecule has 3 rings (SSSR count). The Morgan fingerprint density at radius 3 is 2.41 bits per heavy atom. The molecule has 0 saturated heterocycles. The van der Waals surface area contributed by atoms with E-state index in [0.29, 0.717) is 18.4 Å². The normalized spacial score (nSPS) is 11.1. The number of aromatic hydroxyl groups is 1. The molecule has 0 aliphatic carbocycles. The lowest BCUT2D eigenvalue weighted by molar-refractivity contribution is 0.303. The van der Waals surface area contributed by atoms with Gasteiger partial charge in [0, 0.05) is 10.8 Å². The molecule has 4 nitrogen and oxygen atoms in total. The number of unbranched alkanes of at least 4 members (excludes halogenated alkanes) is 3. The summed E-state index contributed by atoms with van der Waals surface area (Å²) in [4.78, 5) is 8.18. The minimum absolute atomic E-state index is 0.0161. The smallest absolute Gasteiger partial charge is 0.201 e. The van der Waals surface area contributed by atoms with E-state index in [1.54, 1.807) is 0 Å². The van der Waals surface area contributed by atoms with E-state index in [4.69, 9.17) is 4.74 Å². The van der Waals surface area contributed by atoms with Crippen LogP contribution in [0.15, 0.2) is 30.6 Å². The third-order valence-corrected chi connectivity index (χ3v) is 4.26. The van der Waals surface area contributed by atoms with Crippen LogP contribution in [0.5, 0.6) is 11.5 Å². The molecule has 0 saturated carbocycles. The van der Waals surface area contributed by atoms with E-state index in [0.717, 1.165) is 25.7 Å². The predicted octanol–water partition coefficient (Wildman–Crippen LogP) is 5.38. The maximum absolute atomic E-state index is 14.8. The number of fused-ring (bicyclic) bond motifs is 1. The third kappa shape index (κ3) is 3.97. The summed E-state index contributed by atoms with van der Waals surface area (Å²) in [6, 6.07) is 3.32. The minimum Gasteiger partial charge on any atom is -0.504 e. The predicted molar refractivity (Wildman–Crippen MR) is 96.1 cm³/mol. The molecule has 0 amide bonds. The number of benzene rings is 2. The molecule has 1 heterocycles. The first-order valence-corrected chi connectivity index (χ1v) is 8.77. The van der Waals surface area contributed by atoms with Gasteiger partial charge >= 0.3 is 0 Å². The van der Waals surface area contributed by atoms with E-state index < -0.39 is 23.2 Å². The van der Waals surface area contributed by atoms with Crippen LogP contribution in [-0.4, -0.2) is 21.7 Å². The van der Waals surface area contributed by atoms with Crippen molar-refractivity contribution >= 4 is 10.8 Å². The second-order valence-electron chi connectivity index (χ2n) is 6.19. The molecular formula is C20H19F3N2O2. The van der Waals surface area contributed by atoms with E-state index in [9.17, 15) is 18.3 Å².